The Morgan fingerprint density at radius 2 is 1.87 bits per heavy atom. The fourth-order valence-corrected chi connectivity index (χ4v) is 6.93. The number of nitrogens with zero attached hydrogens (tertiary/aromatic N) is 2. The summed E-state index contributed by atoms with van der Waals surface area (Å²) in [5.41, 5.74) is 0.399. The van der Waals surface area contributed by atoms with Crippen LogP contribution in [-0.4, -0.2) is 49.9 Å². The van der Waals surface area contributed by atoms with Gasteiger partial charge in [-0.25, -0.2) is 9.97 Å². The number of nitrogens with one attached hydrogen (secondary N) is 2. The van der Waals surface area contributed by atoms with Gasteiger partial charge in [-0.1, -0.05) is 12.8 Å². The van der Waals surface area contributed by atoms with E-state index < -0.39 is 11.1 Å². The Morgan fingerprint density at radius 3 is 2.48 bits per heavy atom. The Balaban J connectivity index is 1.38. The molecule has 5 aliphatic carbocycles. The van der Waals surface area contributed by atoms with Gasteiger partial charge in [-0.15, -0.1) is 0 Å². The lowest BCUT2D eigenvalue weighted by molar-refractivity contribution is -0.136. The molecule has 4 bridgehead atoms. The molecule has 0 saturated heterocycles. The lowest BCUT2D eigenvalue weighted by Gasteiger charge is -2.58. The van der Waals surface area contributed by atoms with Gasteiger partial charge < -0.3 is 20.8 Å². The number of rotatable bonds is 6. The molecule has 0 aliphatic heterocycles. The molecule has 2 atom stereocenters. The van der Waals surface area contributed by atoms with Crippen LogP contribution in [0.5, 0.6) is 0 Å². The van der Waals surface area contributed by atoms with E-state index >= 15 is 0 Å². The second-order valence-electron chi connectivity index (χ2n) is 11.3. The third kappa shape index (κ3) is 4.07. The molecule has 5 aliphatic rings. The van der Waals surface area contributed by atoms with Gasteiger partial charge in [0.15, 0.2) is 0 Å². The summed E-state index contributed by atoms with van der Waals surface area (Å²) < 4.78 is 0. The highest BCUT2D eigenvalue weighted by Crippen LogP contribution is 2.55. The highest BCUT2D eigenvalue weighted by Gasteiger charge is 2.55. The van der Waals surface area contributed by atoms with E-state index in [-0.39, 0.29) is 24.5 Å². The second-order valence-corrected chi connectivity index (χ2v) is 11.3. The zero-order valence-electron chi connectivity index (χ0n) is 18.7. The van der Waals surface area contributed by atoms with Gasteiger partial charge in [-0.2, -0.15) is 0 Å². The van der Waals surface area contributed by atoms with Crippen molar-refractivity contribution < 1.29 is 15.0 Å². The quantitative estimate of drug-likeness (QED) is 0.555. The minimum Gasteiger partial charge on any atom is -0.394 e. The van der Waals surface area contributed by atoms with E-state index in [0.717, 1.165) is 63.5 Å². The van der Waals surface area contributed by atoms with Gasteiger partial charge in [0, 0.05) is 18.2 Å². The number of hydrogen-bond donors (Lipinski definition) is 4. The first-order chi connectivity index (χ1) is 14.8. The van der Waals surface area contributed by atoms with Crippen LogP contribution in [0, 0.1) is 17.8 Å². The van der Waals surface area contributed by atoms with Crippen molar-refractivity contribution in [2.75, 3.05) is 11.9 Å². The van der Waals surface area contributed by atoms with Gasteiger partial charge in [-0.3, -0.25) is 4.79 Å². The number of aliphatic hydroxyl groups excluding tert-OH is 1. The van der Waals surface area contributed by atoms with Gasteiger partial charge in [-0.05, 0) is 76.5 Å². The molecular weight excluding hydrogens is 392 g/mol. The Labute approximate surface area is 184 Å². The summed E-state index contributed by atoms with van der Waals surface area (Å²) in [6.45, 7) is 3.76. The van der Waals surface area contributed by atoms with Crippen molar-refractivity contribution in [3.05, 3.63) is 17.5 Å². The summed E-state index contributed by atoms with van der Waals surface area (Å²) in [6, 6.07) is 0.145. The van der Waals surface area contributed by atoms with E-state index in [1.165, 1.54) is 0 Å². The van der Waals surface area contributed by atoms with E-state index in [1.54, 1.807) is 6.20 Å². The fourth-order valence-electron chi connectivity index (χ4n) is 6.93. The molecule has 2 unspecified atom stereocenters. The van der Waals surface area contributed by atoms with Crippen molar-refractivity contribution in [1.82, 2.24) is 15.3 Å². The normalized spacial score (nSPS) is 34.8. The maximum atomic E-state index is 13.4. The molecule has 31 heavy (non-hydrogen) atoms. The Kier molecular flexibility index (Phi) is 5.25. The molecular formula is C24H36N4O3. The predicted octanol–water partition coefficient (Wildman–Crippen LogP) is 2.99. The van der Waals surface area contributed by atoms with Crippen LogP contribution in [-0.2, 0) is 0 Å². The molecule has 5 saturated carbocycles. The van der Waals surface area contributed by atoms with Crippen LogP contribution in [0.1, 0.15) is 93.6 Å². The monoisotopic (exact) mass is 428 g/mol. The van der Waals surface area contributed by atoms with E-state index in [2.05, 4.69) is 15.6 Å². The van der Waals surface area contributed by atoms with E-state index in [4.69, 9.17) is 4.98 Å². The number of amides is 1. The first kappa shape index (κ1) is 21.1. The Morgan fingerprint density at radius 1 is 1.19 bits per heavy atom. The third-order valence-electron chi connectivity index (χ3n) is 8.19. The standard InChI is InChI=1S/C24H36N4O3/c1-23(2,13-29)28-22-25-12-18(20(27-22)15-5-3-4-6-15)21(30)26-19-16-7-14-8-17(19)11-24(31,9-14)10-16/h12,14-17,19,29,31H,3-11,13H2,1-2H3,(H,26,30)(H,25,27,28)/t14?,16?,17?,19-,24+. The molecule has 1 aromatic heterocycles. The van der Waals surface area contributed by atoms with Crippen LogP contribution >= 0.6 is 0 Å². The van der Waals surface area contributed by atoms with Gasteiger partial charge in [0.05, 0.1) is 29.0 Å². The summed E-state index contributed by atoms with van der Waals surface area (Å²) in [5, 5.41) is 27.0. The number of carbonyl (C=O) groups is 1. The molecule has 4 N–H and O–H groups in total. The summed E-state index contributed by atoms with van der Waals surface area (Å²) in [7, 11) is 0. The fraction of sp³-hybridized carbons (Fsp3) is 0.792. The van der Waals surface area contributed by atoms with E-state index in [9.17, 15) is 15.0 Å². The van der Waals surface area contributed by atoms with Gasteiger partial charge in [0.25, 0.3) is 5.91 Å². The summed E-state index contributed by atoms with van der Waals surface area (Å²) in [5.74, 6) is 2.05. The van der Waals surface area contributed by atoms with Gasteiger partial charge >= 0.3 is 0 Å². The smallest absolute Gasteiger partial charge is 0.254 e. The first-order valence-corrected chi connectivity index (χ1v) is 12.0. The molecule has 6 rings (SSSR count). The largest absolute Gasteiger partial charge is 0.394 e. The lowest BCUT2D eigenvalue weighted by atomic mass is 9.52. The highest BCUT2D eigenvalue weighted by atomic mass is 16.3. The number of hydrogen-bond acceptors (Lipinski definition) is 6. The summed E-state index contributed by atoms with van der Waals surface area (Å²) in [6.07, 6.45) is 10.9. The van der Waals surface area contributed by atoms with Crippen LogP contribution < -0.4 is 10.6 Å². The van der Waals surface area contributed by atoms with Crippen LogP contribution in [0.4, 0.5) is 5.95 Å². The van der Waals surface area contributed by atoms with Gasteiger partial charge in [0.2, 0.25) is 5.95 Å². The topological polar surface area (TPSA) is 107 Å². The van der Waals surface area contributed by atoms with Crippen molar-refractivity contribution >= 4 is 11.9 Å². The Bertz CT molecular complexity index is 835. The molecule has 1 amide bonds. The molecule has 1 aromatic rings. The predicted molar refractivity (Wildman–Crippen MR) is 118 cm³/mol. The van der Waals surface area contributed by atoms with Crippen LogP contribution in [0.25, 0.3) is 0 Å². The second kappa shape index (κ2) is 7.69. The molecule has 5 fully saturated rings. The van der Waals surface area contributed by atoms with Crippen molar-refractivity contribution in [3.8, 4) is 0 Å². The average Bonchev–Trinajstić information content (AvgIpc) is 3.24. The van der Waals surface area contributed by atoms with Crippen molar-refractivity contribution in [1.29, 1.82) is 0 Å². The van der Waals surface area contributed by atoms with Gasteiger partial charge in [0.1, 0.15) is 0 Å². The lowest BCUT2D eigenvalue weighted by Crippen LogP contribution is -2.61. The highest BCUT2D eigenvalue weighted by molar-refractivity contribution is 5.95. The molecule has 0 aromatic carbocycles. The van der Waals surface area contributed by atoms with Crippen LogP contribution in [0.3, 0.4) is 0 Å². The molecule has 7 nitrogen and oxygen atoms in total. The SMILES string of the molecule is CC(C)(CO)Nc1ncc(C(=O)N[C@H]2C3CC4CC2C[C@@](O)(C4)C3)c(C2CCCC2)n1. The zero-order chi connectivity index (χ0) is 21.8. The maximum absolute atomic E-state index is 13.4. The minimum absolute atomic E-state index is 0.0326. The number of aliphatic hydroxyl groups is 2. The Hall–Kier alpha value is -1.73. The zero-order valence-corrected chi connectivity index (χ0v) is 18.7. The summed E-state index contributed by atoms with van der Waals surface area (Å²) >= 11 is 0. The first-order valence-electron chi connectivity index (χ1n) is 12.0. The summed E-state index contributed by atoms with van der Waals surface area (Å²) in [4.78, 5) is 22.6. The number of aromatic nitrogens is 2. The van der Waals surface area contributed by atoms with E-state index in [1.807, 2.05) is 13.8 Å². The van der Waals surface area contributed by atoms with Crippen molar-refractivity contribution in [2.24, 2.45) is 17.8 Å². The average molecular weight is 429 g/mol. The van der Waals surface area contributed by atoms with Crippen molar-refractivity contribution in [3.63, 3.8) is 0 Å². The molecule has 0 radical (unpaired) electrons. The van der Waals surface area contributed by atoms with E-state index in [0.29, 0.717) is 29.3 Å². The third-order valence-corrected chi connectivity index (χ3v) is 8.19. The molecule has 7 heteroatoms. The molecule has 170 valence electrons. The van der Waals surface area contributed by atoms with Crippen LogP contribution in [0.15, 0.2) is 6.20 Å². The number of carbonyl (C=O) groups excluding carboxylic acids is 1. The molecule has 0 spiro atoms. The minimum atomic E-state index is -0.530. The van der Waals surface area contributed by atoms with Crippen LogP contribution in [0.2, 0.25) is 0 Å². The molecule has 1 heterocycles. The maximum Gasteiger partial charge on any atom is 0.254 e. The van der Waals surface area contributed by atoms with Crippen molar-refractivity contribution in [2.45, 2.75) is 94.7 Å². The number of anilines is 1.